The van der Waals surface area contributed by atoms with Gasteiger partial charge in [0.1, 0.15) is 0 Å². The molecule has 2 aliphatic rings. The monoisotopic (exact) mass is 280 g/mol. The molecule has 2 nitrogen and oxygen atoms in total. The minimum atomic E-state index is 0.561. The van der Waals surface area contributed by atoms with Gasteiger partial charge in [-0.2, -0.15) is 0 Å². The number of hydrogen-bond donors (Lipinski definition) is 1. The molecule has 0 spiro atoms. The van der Waals surface area contributed by atoms with Crippen LogP contribution in [0.2, 0.25) is 0 Å². The zero-order chi connectivity index (χ0) is 14.6. The van der Waals surface area contributed by atoms with E-state index in [-0.39, 0.29) is 0 Å². The fourth-order valence-corrected chi connectivity index (χ4v) is 4.36. The van der Waals surface area contributed by atoms with Gasteiger partial charge in [-0.3, -0.25) is 4.90 Å². The fourth-order valence-electron chi connectivity index (χ4n) is 4.36. The van der Waals surface area contributed by atoms with Crippen LogP contribution in [0.25, 0.3) is 0 Å². The normalized spacial score (nSPS) is 31.1. The Bertz CT molecular complexity index is 281. The van der Waals surface area contributed by atoms with Crippen molar-refractivity contribution in [3.63, 3.8) is 0 Å². The Balaban J connectivity index is 1.92. The molecule has 1 saturated carbocycles. The average molecular weight is 280 g/mol. The first-order valence-corrected chi connectivity index (χ1v) is 8.95. The Morgan fingerprint density at radius 2 is 1.85 bits per heavy atom. The van der Waals surface area contributed by atoms with Gasteiger partial charge >= 0.3 is 0 Å². The lowest BCUT2D eigenvalue weighted by Gasteiger charge is -2.42. The third-order valence-corrected chi connectivity index (χ3v) is 5.42. The van der Waals surface area contributed by atoms with Gasteiger partial charge in [-0.05, 0) is 50.0 Å². The van der Waals surface area contributed by atoms with Gasteiger partial charge in [0.2, 0.25) is 0 Å². The van der Waals surface area contributed by atoms with E-state index in [0.29, 0.717) is 5.41 Å². The van der Waals surface area contributed by atoms with Crippen molar-refractivity contribution < 1.29 is 0 Å². The molecule has 2 fully saturated rings. The van der Waals surface area contributed by atoms with Gasteiger partial charge in [-0.25, -0.2) is 0 Å². The van der Waals surface area contributed by atoms with E-state index in [2.05, 4.69) is 37.9 Å². The summed E-state index contributed by atoms with van der Waals surface area (Å²) in [5.74, 6) is 1.66. The fraction of sp³-hybridized carbons (Fsp3) is 1.00. The van der Waals surface area contributed by atoms with Crippen molar-refractivity contribution in [1.29, 1.82) is 0 Å². The van der Waals surface area contributed by atoms with E-state index in [1.807, 2.05) is 0 Å². The smallest absolute Gasteiger partial charge is 0.00702 e. The van der Waals surface area contributed by atoms with Crippen molar-refractivity contribution in [3.8, 4) is 0 Å². The minimum absolute atomic E-state index is 0.561. The summed E-state index contributed by atoms with van der Waals surface area (Å²) in [6, 6.07) is 0.800. The van der Waals surface area contributed by atoms with Gasteiger partial charge in [-0.15, -0.1) is 0 Å². The van der Waals surface area contributed by atoms with Crippen LogP contribution in [0.5, 0.6) is 0 Å². The van der Waals surface area contributed by atoms with Crippen LogP contribution in [0.4, 0.5) is 0 Å². The lowest BCUT2D eigenvalue weighted by atomic mass is 9.73. The largest absolute Gasteiger partial charge is 0.316 e. The lowest BCUT2D eigenvalue weighted by Crippen LogP contribution is -2.47. The highest BCUT2D eigenvalue weighted by atomic mass is 15.2. The molecule has 2 rings (SSSR count). The Morgan fingerprint density at radius 3 is 2.40 bits per heavy atom. The molecule has 0 aromatic heterocycles. The van der Waals surface area contributed by atoms with E-state index in [1.165, 1.54) is 64.7 Å². The molecule has 1 aliphatic carbocycles. The molecule has 0 aromatic carbocycles. The van der Waals surface area contributed by atoms with Gasteiger partial charge in [0.05, 0.1) is 0 Å². The van der Waals surface area contributed by atoms with Gasteiger partial charge < -0.3 is 5.32 Å². The Kier molecular flexibility index (Phi) is 5.92. The van der Waals surface area contributed by atoms with E-state index < -0.39 is 0 Å². The van der Waals surface area contributed by atoms with Crippen LogP contribution >= 0.6 is 0 Å². The molecule has 1 aliphatic heterocycles. The number of nitrogens with one attached hydrogen (secondary N) is 1. The molecule has 1 heterocycles. The molecule has 0 radical (unpaired) electrons. The van der Waals surface area contributed by atoms with Gasteiger partial charge in [-0.1, -0.05) is 40.0 Å². The zero-order valence-electron chi connectivity index (χ0n) is 14.3. The van der Waals surface area contributed by atoms with Crippen molar-refractivity contribution >= 4 is 0 Å². The highest BCUT2D eigenvalue weighted by molar-refractivity contribution is 4.91. The average Bonchev–Trinajstić information content (AvgIpc) is 2.68. The second kappa shape index (κ2) is 7.26. The summed E-state index contributed by atoms with van der Waals surface area (Å²) in [4.78, 5) is 2.78. The molecular weight excluding hydrogens is 244 g/mol. The second-order valence-electron chi connectivity index (χ2n) is 8.20. The van der Waals surface area contributed by atoms with Gasteiger partial charge in [0, 0.05) is 25.7 Å². The van der Waals surface area contributed by atoms with E-state index in [4.69, 9.17) is 0 Å². The maximum absolute atomic E-state index is 3.77. The number of hydrogen-bond acceptors (Lipinski definition) is 2. The summed E-state index contributed by atoms with van der Waals surface area (Å²) in [5, 5.41) is 3.77. The van der Waals surface area contributed by atoms with E-state index >= 15 is 0 Å². The first kappa shape index (κ1) is 16.3. The maximum Gasteiger partial charge on any atom is 0.00702 e. The third kappa shape index (κ3) is 4.46. The Morgan fingerprint density at radius 1 is 1.15 bits per heavy atom. The predicted molar refractivity (Wildman–Crippen MR) is 88.0 cm³/mol. The molecule has 0 aromatic rings. The summed E-state index contributed by atoms with van der Waals surface area (Å²) < 4.78 is 0. The van der Waals surface area contributed by atoms with E-state index in [9.17, 15) is 0 Å². The van der Waals surface area contributed by atoms with Crippen molar-refractivity contribution in [1.82, 2.24) is 10.2 Å². The van der Waals surface area contributed by atoms with Gasteiger partial charge in [0.15, 0.2) is 0 Å². The van der Waals surface area contributed by atoms with Crippen LogP contribution in [-0.2, 0) is 0 Å². The third-order valence-electron chi connectivity index (χ3n) is 5.42. The molecule has 20 heavy (non-hydrogen) atoms. The number of rotatable bonds is 6. The Hall–Kier alpha value is -0.0800. The molecule has 1 N–H and O–H groups in total. The maximum atomic E-state index is 3.77. The molecule has 2 atom stereocenters. The van der Waals surface area contributed by atoms with E-state index in [0.717, 1.165) is 17.9 Å². The second-order valence-corrected chi connectivity index (χ2v) is 8.20. The molecule has 0 amide bonds. The molecular formula is C18H36N2. The first-order valence-electron chi connectivity index (χ1n) is 8.95. The lowest BCUT2D eigenvalue weighted by molar-refractivity contribution is 0.0966. The van der Waals surface area contributed by atoms with Crippen LogP contribution < -0.4 is 5.32 Å². The molecule has 0 bridgehead atoms. The van der Waals surface area contributed by atoms with E-state index in [1.54, 1.807) is 0 Å². The summed E-state index contributed by atoms with van der Waals surface area (Å²) in [6.45, 7) is 14.5. The van der Waals surface area contributed by atoms with Crippen molar-refractivity contribution in [2.45, 2.75) is 72.3 Å². The van der Waals surface area contributed by atoms with Crippen molar-refractivity contribution in [3.05, 3.63) is 0 Å². The van der Waals surface area contributed by atoms with Crippen LogP contribution in [0.3, 0.4) is 0 Å². The summed E-state index contributed by atoms with van der Waals surface area (Å²) >= 11 is 0. The van der Waals surface area contributed by atoms with Crippen molar-refractivity contribution in [2.75, 3.05) is 26.2 Å². The van der Waals surface area contributed by atoms with Crippen LogP contribution in [0.1, 0.15) is 66.2 Å². The SMILES string of the molecule is CC(C)CNCC1(CN2CC(C)CC2C)CCCCC1. The molecule has 118 valence electrons. The standard InChI is InChI=1S/C18H36N2/c1-15(2)11-19-13-18(8-6-5-7-9-18)14-20-12-16(3)10-17(20)4/h15-17,19H,5-14H2,1-4H3. The van der Waals surface area contributed by atoms with Gasteiger partial charge in [0.25, 0.3) is 0 Å². The quantitative estimate of drug-likeness (QED) is 0.793. The summed E-state index contributed by atoms with van der Waals surface area (Å²) in [7, 11) is 0. The summed E-state index contributed by atoms with van der Waals surface area (Å²) in [6.07, 6.45) is 8.63. The van der Waals surface area contributed by atoms with Crippen LogP contribution in [-0.4, -0.2) is 37.1 Å². The Labute approximate surface area is 126 Å². The number of likely N-dealkylation sites (tertiary alicyclic amines) is 1. The number of nitrogens with zero attached hydrogens (tertiary/aromatic N) is 1. The molecule has 2 heteroatoms. The van der Waals surface area contributed by atoms with Crippen LogP contribution in [0.15, 0.2) is 0 Å². The van der Waals surface area contributed by atoms with Crippen molar-refractivity contribution in [2.24, 2.45) is 17.3 Å². The predicted octanol–water partition coefficient (Wildman–Crippen LogP) is 3.91. The highest BCUT2D eigenvalue weighted by Gasteiger charge is 2.37. The first-order chi connectivity index (χ1) is 9.51. The summed E-state index contributed by atoms with van der Waals surface area (Å²) in [5.41, 5.74) is 0.561. The topological polar surface area (TPSA) is 15.3 Å². The minimum Gasteiger partial charge on any atom is -0.316 e. The molecule has 2 unspecified atom stereocenters. The molecule has 1 saturated heterocycles. The zero-order valence-corrected chi connectivity index (χ0v) is 14.3. The highest BCUT2D eigenvalue weighted by Crippen LogP contribution is 2.38. The van der Waals surface area contributed by atoms with Crippen LogP contribution in [0, 0.1) is 17.3 Å².